The van der Waals surface area contributed by atoms with Crippen molar-refractivity contribution in [3.05, 3.63) is 16.7 Å². The van der Waals surface area contributed by atoms with Gasteiger partial charge in [0.15, 0.2) is 11.2 Å². The van der Waals surface area contributed by atoms with Crippen molar-refractivity contribution in [1.29, 1.82) is 0 Å². The van der Waals surface area contributed by atoms with Crippen LogP contribution in [0.2, 0.25) is 0 Å². The highest BCUT2D eigenvalue weighted by Gasteiger charge is 2.12. The van der Waals surface area contributed by atoms with Crippen LogP contribution in [0.3, 0.4) is 0 Å². The number of nitrogens with zero attached hydrogens (tertiary/aromatic N) is 3. The van der Waals surface area contributed by atoms with Crippen molar-refractivity contribution in [3.8, 4) is 0 Å². The van der Waals surface area contributed by atoms with Crippen LogP contribution in [0.5, 0.6) is 0 Å². The van der Waals surface area contributed by atoms with Gasteiger partial charge in [-0.3, -0.25) is 14.6 Å². The fourth-order valence-corrected chi connectivity index (χ4v) is 1.74. The molecule has 0 aliphatic heterocycles. The number of carboxylic acids is 1. The number of aromatic amines is 1. The molecule has 0 spiro atoms. The van der Waals surface area contributed by atoms with Gasteiger partial charge in [-0.2, -0.15) is 4.98 Å². The molecule has 19 heavy (non-hydrogen) atoms. The van der Waals surface area contributed by atoms with E-state index >= 15 is 0 Å². The number of imidazole rings is 1. The molecule has 2 rings (SSSR count). The van der Waals surface area contributed by atoms with E-state index in [1.165, 1.54) is 6.33 Å². The average molecular weight is 266 g/mol. The van der Waals surface area contributed by atoms with Gasteiger partial charge in [-0.05, 0) is 12.8 Å². The average Bonchev–Trinajstić information content (AvgIpc) is 2.72. The van der Waals surface area contributed by atoms with E-state index in [2.05, 4.69) is 15.0 Å². The molecule has 2 heterocycles. The molecule has 6 N–H and O–H groups in total. The molecule has 0 amide bonds. The quantitative estimate of drug-likeness (QED) is 0.535. The van der Waals surface area contributed by atoms with Crippen LogP contribution in [0.15, 0.2) is 11.1 Å². The minimum Gasteiger partial charge on any atom is -0.480 e. The minimum atomic E-state index is -1.03. The summed E-state index contributed by atoms with van der Waals surface area (Å²) in [7, 11) is 0. The fourth-order valence-electron chi connectivity index (χ4n) is 1.74. The Morgan fingerprint density at radius 2 is 2.32 bits per heavy atom. The van der Waals surface area contributed by atoms with Crippen molar-refractivity contribution in [2.24, 2.45) is 5.73 Å². The van der Waals surface area contributed by atoms with Crippen LogP contribution in [-0.4, -0.2) is 36.6 Å². The third-order valence-corrected chi connectivity index (χ3v) is 2.72. The Hall–Kier alpha value is -2.42. The number of carbonyl (C=O) groups is 1. The van der Waals surface area contributed by atoms with Crippen molar-refractivity contribution in [2.45, 2.75) is 25.4 Å². The van der Waals surface area contributed by atoms with Gasteiger partial charge in [-0.1, -0.05) is 0 Å². The zero-order valence-corrected chi connectivity index (χ0v) is 10.0. The van der Waals surface area contributed by atoms with E-state index in [0.717, 1.165) is 0 Å². The molecule has 102 valence electrons. The van der Waals surface area contributed by atoms with Crippen molar-refractivity contribution in [1.82, 2.24) is 19.5 Å². The number of nitrogens with two attached hydrogens (primary N) is 2. The lowest BCUT2D eigenvalue weighted by atomic mass is 10.2. The molecule has 0 unspecified atom stereocenters. The van der Waals surface area contributed by atoms with Gasteiger partial charge in [0.1, 0.15) is 6.04 Å². The third kappa shape index (κ3) is 2.71. The molecule has 0 fully saturated rings. The number of fused-ring (bicyclic) bond motifs is 1. The van der Waals surface area contributed by atoms with Gasteiger partial charge in [-0.15, -0.1) is 0 Å². The van der Waals surface area contributed by atoms with Crippen molar-refractivity contribution >= 4 is 23.1 Å². The summed E-state index contributed by atoms with van der Waals surface area (Å²) in [5.74, 6) is -1.02. The molecule has 1 atom stereocenters. The van der Waals surface area contributed by atoms with Gasteiger partial charge in [0.25, 0.3) is 5.56 Å². The predicted molar refractivity (Wildman–Crippen MR) is 67.4 cm³/mol. The first kappa shape index (κ1) is 13.0. The molecule has 9 heteroatoms. The minimum absolute atomic E-state index is 0.0153. The smallest absolute Gasteiger partial charge is 0.320 e. The van der Waals surface area contributed by atoms with Crippen LogP contribution < -0.4 is 17.0 Å². The molecule has 0 saturated carbocycles. The van der Waals surface area contributed by atoms with Crippen molar-refractivity contribution < 1.29 is 9.90 Å². The molecule has 0 aromatic carbocycles. The van der Waals surface area contributed by atoms with Gasteiger partial charge in [0.05, 0.1) is 6.33 Å². The van der Waals surface area contributed by atoms with Crippen LogP contribution >= 0.6 is 0 Å². The fraction of sp³-hybridized carbons (Fsp3) is 0.400. The maximum atomic E-state index is 11.5. The van der Waals surface area contributed by atoms with Gasteiger partial charge >= 0.3 is 5.97 Å². The summed E-state index contributed by atoms with van der Waals surface area (Å²) in [5.41, 5.74) is 11.1. The molecule has 2 aromatic rings. The van der Waals surface area contributed by atoms with E-state index in [9.17, 15) is 9.59 Å². The van der Waals surface area contributed by atoms with E-state index in [-0.39, 0.29) is 11.5 Å². The number of anilines is 1. The number of hydrogen-bond donors (Lipinski definition) is 4. The summed E-state index contributed by atoms with van der Waals surface area (Å²) in [6.07, 6.45) is 2.33. The van der Waals surface area contributed by atoms with Crippen LogP contribution in [0.4, 0.5) is 5.95 Å². The summed E-state index contributed by atoms with van der Waals surface area (Å²) in [6.45, 7) is 0.466. The SMILES string of the molecule is Nc1nc2c(ncn2CCC[C@H](N)C(=O)O)c(=O)[nH]1. The van der Waals surface area contributed by atoms with Crippen LogP contribution in [-0.2, 0) is 11.3 Å². The standard InChI is InChI=1S/C10H14N6O3/c11-5(9(18)19)2-1-3-16-4-13-6-7(16)14-10(12)15-8(6)17/h4-5H,1-3,11H2,(H,18,19)(H3,12,14,15,17)/t5-/m0/s1. The summed E-state index contributed by atoms with van der Waals surface area (Å²) in [6, 6.07) is -0.892. The zero-order chi connectivity index (χ0) is 14.0. The number of aliphatic carboxylic acids is 1. The normalized spacial score (nSPS) is 12.7. The molecule has 0 bridgehead atoms. The zero-order valence-electron chi connectivity index (χ0n) is 10.0. The number of nitrogen functional groups attached to an aromatic ring is 1. The van der Waals surface area contributed by atoms with Crippen LogP contribution in [0.1, 0.15) is 12.8 Å². The van der Waals surface area contributed by atoms with E-state index < -0.39 is 17.6 Å². The molecule has 0 saturated heterocycles. The van der Waals surface area contributed by atoms with Crippen molar-refractivity contribution in [2.75, 3.05) is 5.73 Å². The number of H-pyrrole nitrogens is 1. The Morgan fingerprint density at radius 3 is 3.00 bits per heavy atom. The lowest BCUT2D eigenvalue weighted by Crippen LogP contribution is -2.30. The van der Waals surface area contributed by atoms with Crippen LogP contribution in [0, 0.1) is 0 Å². The number of hydrogen-bond acceptors (Lipinski definition) is 6. The largest absolute Gasteiger partial charge is 0.480 e. The molecule has 2 aromatic heterocycles. The summed E-state index contributed by atoms with van der Waals surface area (Å²) < 4.78 is 1.65. The highest BCUT2D eigenvalue weighted by molar-refractivity contribution is 5.73. The first-order chi connectivity index (χ1) is 8.99. The number of carboxylic acid groups (broad SMARTS) is 1. The summed E-state index contributed by atoms with van der Waals surface area (Å²) in [4.78, 5) is 32.4. The summed E-state index contributed by atoms with van der Waals surface area (Å²) in [5, 5.41) is 8.67. The Bertz CT molecular complexity index is 661. The molecule has 0 radical (unpaired) electrons. The Labute approximate surface area is 107 Å². The van der Waals surface area contributed by atoms with Crippen molar-refractivity contribution in [3.63, 3.8) is 0 Å². The maximum Gasteiger partial charge on any atom is 0.320 e. The Morgan fingerprint density at radius 1 is 1.58 bits per heavy atom. The number of rotatable bonds is 5. The van der Waals surface area contributed by atoms with Gasteiger partial charge in [-0.25, -0.2) is 4.98 Å². The highest BCUT2D eigenvalue weighted by atomic mass is 16.4. The second kappa shape index (κ2) is 5.06. The molecule has 9 nitrogen and oxygen atoms in total. The van der Waals surface area contributed by atoms with Gasteiger partial charge < -0.3 is 21.1 Å². The second-order valence-corrected chi connectivity index (χ2v) is 4.15. The molecular weight excluding hydrogens is 252 g/mol. The first-order valence-electron chi connectivity index (χ1n) is 5.68. The number of nitrogens with one attached hydrogen (secondary N) is 1. The third-order valence-electron chi connectivity index (χ3n) is 2.72. The van der Waals surface area contributed by atoms with Gasteiger partial charge in [0, 0.05) is 6.54 Å². The van der Waals surface area contributed by atoms with E-state index in [1.54, 1.807) is 4.57 Å². The lowest BCUT2D eigenvalue weighted by molar-refractivity contribution is -0.138. The lowest BCUT2D eigenvalue weighted by Gasteiger charge is -2.07. The van der Waals surface area contributed by atoms with E-state index in [1.807, 2.05) is 0 Å². The Kier molecular flexibility index (Phi) is 3.47. The monoisotopic (exact) mass is 266 g/mol. The summed E-state index contributed by atoms with van der Waals surface area (Å²) >= 11 is 0. The topological polar surface area (TPSA) is 153 Å². The van der Waals surface area contributed by atoms with Crippen LogP contribution in [0.25, 0.3) is 11.2 Å². The predicted octanol–water partition coefficient (Wildman–Crippen LogP) is -1.11. The molecular formula is C10H14N6O3. The first-order valence-corrected chi connectivity index (χ1v) is 5.68. The number of aryl methyl sites for hydroxylation is 1. The Balaban J connectivity index is 2.14. The number of aromatic nitrogens is 4. The maximum absolute atomic E-state index is 11.5. The molecule has 0 aliphatic carbocycles. The second-order valence-electron chi connectivity index (χ2n) is 4.15. The highest BCUT2D eigenvalue weighted by Crippen LogP contribution is 2.08. The van der Waals surface area contributed by atoms with E-state index in [4.69, 9.17) is 16.6 Å². The molecule has 0 aliphatic rings. The van der Waals surface area contributed by atoms with E-state index in [0.29, 0.717) is 25.0 Å². The van der Waals surface area contributed by atoms with Gasteiger partial charge in [0.2, 0.25) is 5.95 Å².